The Kier molecular flexibility index (Phi) is 2.58. The Bertz CT molecular complexity index is 686. The summed E-state index contributed by atoms with van der Waals surface area (Å²) < 4.78 is 0. The molecular weight excluding hydrogens is 253 g/mol. The van der Waals surface area contributed by atoms with Gasteiger partial charge in [-0.15, -0.1) is 0 Å². The number of H-pyrrole nitrogens is 1. The molecule has 1 N–H and O–H groups in total. The van der Waals surface area contributed by atoms with Crippen LogP contribution in [0.3, 0.4) is 0 Å². The molecule has 0 aliphatic heterocycles. The molecule has 0 radical (unpaired) electrons. The second kappa shape index (κ2) is 4.10. The Morgan fingerprint density at radius 1 is 0.882 bits per heavy atom. The molecule has 0 atom stereocenters. The maximum Gasteiger partial charge on any atom is 0.0461 e. The van der Waals surface area contributed by atoms with Crippen LogP contribution in [0.2, 0.25) is 10.0 Å². The van der Waals surface area contributed by atoms with Crippen LogP contribution in [-0.2, 0) is 0 Å². The van der Waals surface area contributed by atoms with Crippen molar-refractivity contribution < 1.29 is 0 Å². The molecule has 1 aromatic heterocycles. The first-order valence-corrected chi connectivity index (χ1v) is 6.02. The van der Waals surface area contributed by atoms with Crippen LogP contribution < -0.4 is 0 Å². The SMILES string of the molecule is Clc1cccc(-c2c[nH]c3ccc(Cl)cc23)c1. The summed E-state index contributed by atoms with van der Waals surface area (Å²) in [5, 5.41) is 2.58. The minimum absolute atomic E-state index is 0.735. The Morgan fingerprint density at radius 3 is 2.53 bits per heavy atom. The molecule has 1 nitrogen and oxygen atoms in total. The van der Waals surface area contributed by atoms with Crippen LogP contribution in [0.1, 0.15) is 0 Å². The lowest BCUT2D eigenvalue weighted by molar-refractivity contribution is 1.47. The molecule has 84 valence electrons. The Hall–Kier alpha value is -1.44. The summed E-state index contributed by atoms with van der Waals surface area (Å²) in [6, 6.07) is 13.6. The zero-order valence-corrected chi connectivity index (χ0v) is 10.4. The molecule has 0 unspecified atom stereocenters. The van der Waals surface area contributed by atoms with Crippen molar-refractivity contribution in [1.29, 1.82) is 0 Å². The average Bonchev–Trinajstić information content (AvgIpc) is 2.71. The molecule has 0 saturated carbocycles. The first-order valence-electron chi connectivity index (χ1n) is 5.26. The van der Waals surface area contributed by atoms with E-state index in [9.17, 15) is 0 Å². The van der Waals surface area contributed by atoms with Crippen LogP contribution in [0.4, 0.5) is 0 Å². The Labute approximate surface area is 109 Å². The predicted octanol–water partition coefficient (Wildman–Crippen LogP) is 5.14. The van der Waals surface area contributed by atoms with Gasteiger partial charge in [0.15, 0.2) is 0 Å². The molecule has 0 aliphatic rings. The van der Waals surface area contributed by atoms with Crippen molar-refractivity contribution in [3.63, 3.8) is 0 Å². The fourth-order valence-corrected chi connectivity index (χ4v) is 2.35. The first kappa shape index (κ1) is 10.7. The van der Waals surface area contributed by atoms with E-state index in [4.69, 9.17) is 23.2 Å². The smallest absolute Gasteiger partial charge is 0.0461 e. The maximum atomic E-state index is 6.03. The highest BCUT2D eigenvalue weighted by Crippen LogP contribution is 2.31. The highest BCUT2D eigenvalue weighted by atomic mass is 35.5. The van der Waals surface area contributed by atoms with Gasteiger partial charge in [-0.25, -0.2) is 0 Å². The summed E-state index contributed by atoms with van der Waals surface area (Å²) >= 11 is 12.0. The third-order valence-corrected chi connectivity index (χ3v) is 3.25. The van der Waals surface area contributed by atoms with Gasteiger partial charge in [-0.2, -0.15) is 0 Å². The number of benzene rings is 2. The summed E-state index contributed by atoms with van der Waals surface area (Å²) in [7, 11) is 0. The minimum Gasteiger partial charge on any atom is -0.361 e. The van der Waals surface area contributed by atoms with Gasteiger partial charge in [0.2, 0.25) is 0 Å². The second-order valence-corrected chi connectivity index (χ2v) is 4.78. The monoisotopic (exact) mass is 261 g/mol. The van der Waals surface area contributed by atoms with Crippen molar-refractivity contribution in [2.24, 2.45) is 0 Å². The van der Waals surface area contributed by atoms with Gasteiger partial charge in [0.25, 0.3) is 0 Å². The normalized spacial score (nSPS) is 10.9. The molecule has 3 heteroatoms. The summed E-state index contributed by atoms with van der Waals surface area (Å²) in [4.78, 5) is 3.23. The largest absolute Gasteiger partial charge is 0.361 e. The van der Waals surface area contributed by atoms with Gasteiger partial charge in [-0.3, -0.25) is 0 Å². The van der Waals surface area contributed by atoms with E-state index in [0.29, 0.717) is 0 Å². The van der Waals surface area contributed by atoms with Crippen LogP contribution in [0.5, 0.6) is 0 Å². The van der Waals surface area contributed by atoms with E-state index in [2.05, 4.69) is 4.98 Å². The Balaban J connectivity index is 2.27. The van der Waals surface area contributed by atoms with Crippen LogP contribution >= 0.6 is 23.2 Å². The molecule has 0 saturated heterocycles. The zero-order valence-electron chi connectivity index (χ0n) is 8.87. The molecular formula is C14H9Cl2N. The number of rotatable bonds is 1. The van der Waals surface area contributed by atoms with Gasteiger partial charge in [-0.05, 0) is 35.9 Å². The van der Waals surface area contributed by atoms with Crippen molar-refractivity contribution in [3.8, 4) is 11.1 Å². The van der Waals surface area contributed by atoms with Gasteiger partial charge in [0.05, 0.1) is 0 Å². The predicted molar refractivity (Wildman–Crippen MR) is 73.8 cm³/mol. The molecule has 17 heavy (non-hydrogen) atoms. The topological polar surface area (TPSA) is 15.8 Å². The van der Waals surface area contributed by atoms with Crippen molar-refractivity contribution >= 4 is 34.1 Å². The number of aromatic amines is 1. The van der Waals surface area contributed by atoms with Crippen LogP contribution in [0.25, 0.3) is 22.0 Å². The summed E-state index contributed by atoms with van der Waals surface area (Å²) in [5.74, 6) is 0. The van der Waals surface area contributed by atoms with Crippen molar-refractivity contribution in [1.82, 2.24) is 4.98 Å². The van der Waals surface area contributed by atoms with Crippen LogP contribution in [-0.4, -0.2) is 4.98 Å². The van der Waals surface area contributed by atoms with E-state index in [-0.39, 0.29) is 0 Å². The first-order chi connectivity index (χ1) is 8.24. The van der Waals surface area contributed by atoms with Gasteiger partial charge in [-0.1, -0.05) is 35.3 Å². The van der Waals surface area contributed by atoms with E-state index in [0.717, 1.165) is 32.1 Å². The number of fused-ring (bicyclic) bond motifs is 1. The van der Waals surface area contributed by atoms with Crippen LogP contribution in [0, 0.1) is 0 Å². The highest BCUT2D eigenvalue weighted by molar-refractivity contribution is 6.31. The molecule has 3 rings (SSSR count). The second-order valence-electron chi connectivity index (χ2n) is 3.90. The molecule has 0 fully saturated rings. The molecule has 0 bridgehead atoms. The fourth-order valence-electron chi connectivity index (χ4n) is 1.99. The number of hydrogen-bond donors (Lipinski definition) is 1. The van der Waals surface area contributed by atoms with Gasteiger partial charge in [0, 0.05) is 32.7 Å². The van der Waals surface area contributed by atoms with Gasteiger partial charge < -0.3 is 4.98 Å². The molecule has 0 aliphatic carbocycles. The summed E-state index contributed by atoms with van der Waals surface area (Å²) in [6.07, 6.45) is 1.98. The van der Waals surface area contributed by atoms with E-state index >= 15 is 0 Å². The summed E-state index contributed by atoms with van der Waals surface area (Å²) in [6.45, 7) is 0. The fraction of sp³-hybridized carbons (Fsp3) is 0. The lowest BCUT2D eigenvalue weighted by atomic mass is 10.1. The van der Waals surface area contributed by atoms with E-state index in [1.807, 2.05) is 48.7 Å². The van der Waals surface area contributed by atoms with Gasteiger partial charge >= 0.3 is 0 Å². The highest BCUT2D eigenvalue weighted by Gasteiger charge is 2.06. The quantitative estimate of drug-likeness (QED) is 0.624. The lowest BCUT2D eigenvalue weighted by Crippen LogP contribution is -1.75. The number of halogens is 2. The molecule has 1 heterocycles. The molecule has 2 aromatic carbocycles. The lowest BCUT2D eigenvalue weighted by Gasteiger charge is -2.00. The average molecular weight is 262 g/mol. The molecule has 0 amide bonds. The number of aromatic nitrogens is 1. The minimum atomic E-state index is 0.735. The van der Waals surface area contributed by atoms with Crippen molar-refractivity contribution in [2.75, 3.05) is 0 Å². The third-order valence-electron chi connectivity index (χ3n) is 2.78. The van der Waals surface area contributed by atoms with Crippen LogP contribution in [0.15, 0.2) is 48.7 Å². The van der Waals surface area contributed by atoms with Gasteiger partial charge in [0.1, 0.15) is 0 Å². The zero-order chi connectivity index (χ0) is 11.8. The van der Waals surface area contributed by atoms with E-state index in [1.54, 1.807) is 0 Å². The number of nitrogens with one attached hydrogen (secondary N) is 1. The maximum absolute atomic E-state index is 6.03. The van der Waals surface area contributed by atoms with E-state index < -0.39 is 0 Å². The van der Waals surface area contributed by atoms with Crippen molar-refractivity contribution in [3.05, 3.63) is 58.7 Å². The van der Waals surface area contributed by atoms with Crippen molar-refractivity contribution in [2.45, 2.75) is 0 Å². The Morgan fingerprint density at radius 2 is 1.71 bits per heavy atom. The van der Waals surface area contributed by atoms with E-state index in [1.165, 1.54) is 0 Å². The summed E-state index contributed by atoms with van der Waals surface area (Å²) in [5.41, 5.74) is 3.28. The third kappa shape index (κ3) is 1.92. The standard InChI is InChI=1S/C14H9Cl2N/c15-10-3-1-2-9(6-10)13-8-17-14-5-4-11(16)7-12(13)14/h1-8,17H. The molecule has 0 spiro atoms. The molecule has 3 aromatic rings. The number of hydrogen-bond acceptors (Lipinski definition) is 0.